The van der Waals surface area contributed by atoms with Gasteiger partial charge in [-0.1, -0.05) is 30.7 Å². The molecule has 0 aliphatic heterocycles. The average Bonchev–Trinajstić information content (AvgIpc) is 2.55. The summed E-state index contributed by atoms with van der Waals surface area (Å²) < 4.78 is 6.39. The number of anilines is 1. The molecule has 1 N–H and O–H groups in total. The first-order chi connectivity index (χ1) is 10.9. The zero-order valence-electron chi connectivity index (χ0n) is 13.4. The van der Waals surface area contributed by atoms with Crippen LogP contribution in [0.15, 0.2) is 34.8 Å². The molecule has 2 aromatic carbocycles. The number of hydrogen-bond acceptors (Lipinski definition) is 2. The van der Waals surface area contributed by atoms with Gasteiger partial charge in [0.2, 0.25) is 0 Å². The Hall–Kier alpha value is -1.52. The third kappa shape index (κ3) is 4.49. The molecule has 0 aliphatic carbocycles. The van der Waals surface area contributed by atoms with Crippen LogP contribution in [-0.2, 0) is 11.2 Å². The van der Waals surface area contributed by atoms with Crippen LogP contribution in [0.5, 0.6) is 5.75 Å². The molecular weight excluding hydrogens is 378 g/mol. The Balaban J connectivity index is 1.99. The Kier molecular flexibility index (Phi) is 6.08. The van der Waals surface area contributed by atoms with E-state index in [2.05, 4.69) is 28.2 Å². The second kappa shape index (κ2) is 7.84. The molecule has 0 heterocycles. The fraction of sp³-hybridized carbons (Fsp3) is 0.278. The first kappa shape index (κ1) is 17.8. The van der Waals surface area contributed by atoms with Crippen molar-refractivity contribution < 1.29 is 9.53 Å². The topological polar surface area (TPSA) is 38.3 Å². The van der Waals surface area contributed by atoms with Gasteiger partial charge >= 0.3 is 0 Å². The summed E-state index contributed by atoms with van der Waals surface area (Å²) in [4.78, 5) is 12.0. The zero-order valence-corrected chi connectivity index (χ0v) is 15.7. The number of nitrogens with one attached hydrogen (secondary N) is 1. The van der Waals surface area contributed by atoms with Crippen molar-refractivity contribution in [2.75, 3.05) is 11.9 Å². The van der Waals surface area contributed by atoms with Crippen LogP contribution in [0.1, 0.15) is 23.6 Å². The molecule has 122 valence electrons. The molecule has 2 rings (SSSR count). The molecule has 0 atom stereocenters. The number of carbonyl (C=O) groups is 1. The number of aryl methyl sites for hydroxylation is 2. The fourth-order valence-electron chi connectivity index (χ4n) is 2.17. The van der Waals surface area contributed by atoms with Gasteiger partial charge in [-0.15, -0.1) is 0 Å². The Morgan fingerprint density at radius 3 is 2.52 bits per heavy atom. The normalized spacial score (nSPS) is 10.5. The summed E-state index contributed by atoms with van der Waals surface area (Å²) in [5.74, 6) is 0.410. The van der Waals surface area contributed by atoms with Crippen molar-refractivity contribution in [1.82, 2.24) is 0 Å². The number of amides is 1. The highest BCUT2D eigenvalue weighted by Crippen LogP contribution is 2.35. The lowest BCUT2D eigenvalue weighted by molar-refractivity contribution is -0.118. The average molecular weight is 397 g/mol. The van der Waals surface area contributed by atoms with Crippen molar-refractivity contribution in [2.45, 2.75) is 27.2 Å². The predicted molar refractivity (Wildman–Crippen MR) is 98.6 cm³/mol. The van der Waals surface area contributed by atoms with E-state index in [-0.39, 0.29) is 12.5 Å². The molecule has 0 aliphatic rings. The Morgan fingerprint density at radius 2 is 1.91 bits per heavy atom. The third-order valence-electron chi connectivity index (χ3n) is 3.57. The van der Waals surface area contributed by atoms with Crippen LogP contribution in [-0.4, -0.2) is 12.5 Å². The Morgan fingerprint density at radius 1 is 1.26 bits per heavy atom. The van der Waals surface area contributed by atoms with E-state index >= 15 is 0 Å². The summed E-state index contributed by atoms with van der Waals surface area (Å²) in [7, 11) is 0. The van der Waals surface area contributed by atoms with Gasteiger partial charge in [-0.2, -0.15) is 0 Å². The van der Waals surface area contributed by atoms with Crippen molar-refractivity contribution in [1.29, 1.82) is 0 Å². The smallest absolute Gasteiger partial charge is 0.262 e. The Labute approximate surface area is 150 Å². The second-order valence-corrected chi connectivity index (χ2v) is 6.50. The van der Waals surface area contributed by atoms with Crippen LogP contribution < -0.4 is 10.1 Å². The molecular formula is C18H19BrClNO2. The van der Waals surface area contributed by atoms with Crippen molar-refractivity contribution in [3.63, 3.8) is 0 Å². The predicted octanol–water partition coefficient (Wildman–Crippen LogP) is 5.30. The maximum absolute atomic E-state index is 12.0. The van der Waals surface area contributed by atoms with Gasteiger partial charge in [0.1, 0.15) is 5.75 Å². The number of halogens is 2. The monoisotopic (exact) mass is 395 g/mol. The number of carbonyl (C=O) groups excluding carboxylic acids is 1. The third-order valence-corrected chi connectivity index (χ3v) is 5.14. The summed E-state index contributed by atoms with van der Waals surface area (Å²) >= 11 is 9.64. The van der Waals surface area contributed by atoms with Crippen LogP contribution in [0.3, 0.4) is 0 Å². The van der Waals surface area contributed by atoms with E-state index in [1.165, 1.54) is 5.56 Å². The second-order valence-electron chi connectivity index (χ2n) is 5.33. The van der Waals surface area contributed by atoms with Crippen LogP contribution in [0.4, 0.5) is 5.69 Å². The lowest BCUT2D eigenvalue weighted by atomic mass is 10.1. The fourth-order valence-corrected chi connectivity index (χ4v) is 2.86. The zero-order chi connectivity index (χ0) is 17.0. The minimum Gasteiger partial charge on any atom is -0.483 e. The highest BCUT2D eigenvalue weighted by molar-refractivity contribution is 9.10. The quantitative estimate of drug-likeness (QED) is 0.745. The first-order valence-corrected chi connectivity index (χ1v) is 8.56. The lowest BCUT2D eigenvalue weighted by Crippen LogP contribution is -2.20. The molecule has 0 saturated carbocycles. The molecule has 0 radical (unpaired) electrons. The molecule has 0 bridgehead atoms. The number of benzene rings is 2. The van der Waals surface area contributed by atoms with Gasteiger partial charge < -0.3 is 10.1 Å². The minimum atomic E-state index is -0.202. The van der Waals surface area contributed by atoms with Crippen molar-refractivity contribution in [2.24, 2.45) is 0 Å². The number of hydrogen-bond donors (Lipinski definition) is 1. The van der Waals surface area contributed by atoms with E-state index in [4.69, 9.17) is 16.3 Å². The first-order valence-electron chi connectivity index (χ1n) is 7.39. The van der Waals surface area contributed by atoms with Gasteiger partial charge in [-0.05, 0) is 71.1 Å². The summed E-state index contributed by atoms with van der Waals surface area (Å²) in [6.07, 6.45) is 0.973. The van der Waals surface area contributed by atoms with Crippen molar-refractivity contribution in [3.05, 3.63) is 56.5 Å². The minimum absolute atomic E-state index is 0.0609. The van der Waals surface area contributed by atoms with E-state index in [1.807, 2.05) is 44.2 Å². The molecule has 0 spiro atoms. The summed E-state index contributed by atoms with van der Waals surface area (Å²) in [6, 6.07) is 9.60. The van der Waals surface area contributed by atoms with Crippen LogP contribution >= 0.6 is 27.5 Å². The van der Waals surface area contributed by atoms with Gasteiger partial charge in [0.15, 0.2) is 6.61 Å². The molecule has 0 unspecified atom stereocenters. The molecule has 2 aromatic rings. The lowest BCUT2D eigenvalue weighted by Gasteiger charge is -2.13. The Bertz CT molecular complexity index is 714. The largest absolute Gasteiger partial charge is 0.483 e. The van der Waals surface area contributed by atoms with Gasteiger partial charge in [0.25, 0.3) is 5.91 Å². The molecule has 3 nitrogen and oxygen atoms in total. The molecule has 23 heavy (non-hydrogen) atoms. The van der Waals surface area contributed by atoms with E-state index in [1.54, 1.807) is 0 Å². The maximum atomic E-state index is 12.0. The van der Waals surface area contributed by atoms with Gasteiger partial charge in [-0.3, -0.25) is 4.79 Å². The number of rotatable bonds is 5. The standard InChI is InChI=1S/C18H19BrClNO2/c1-4-13-5-7-14(8-6-13)21-16(22)10-23-15-9-11(2)18(20)12(3)17(15)19/h5-9H,4,10H2,1-3H3,(H,21,22). The van der Waals surface area contributed by atoms with E-state index < -0.39 is 0 Å². The van der Waals surface area contributed by atoms with Gasteiger partial charge in [-0.25, -0.2) is 0 Å². The maximum Gasteiger partial charge on any atom is 0.262 e. The van der Waals surface area contributed by atoms with Gasteiger partial charge in [0.05, 0.1) is 4.47 Å². The SMILES string of the molecule is CCc1ccc(NC(=O)COc2cc(C)c(Cl)c(C)c2Br)cc1. The summed E-state index contributed by atoms with van der Waals surface area (Å²) in [6.45, 7) is 5.84. The van der Waals surface area contributed by atoms with Crippen LogP contribution in [0.25, 0.3) is 0 Å². The van der Waals surface area contributed by atoms with Crippen LogP contribution in [0.2, 0.25) is 5.02 Å². The highest BCUT2D eigenvalue weighted by atomic mass is 79.9. The molecule has 0 saturated heterocycles. The van der Waals surface area contributed by atoms with Crippen molar-refractivity contribution >= 4 is 39.1 Å². The van der Waals surface area contributed by atoms with E-state index in [9.17, 15) is 4.79 Å². The number of ether oxygens (including phenoxy) is 1. The summed E-state index contributed by atoms with van der Waals surface area (Å²) in [5, 5.41) is 3.52. The van der Waals surface area contributed by atoms with Crippen LogP contribution in [0, 0.1) is 13.8 Å². The molecule has 0 aromatic heterocycles. The van der Waals surface area contributed by atoms with Crippen molar-refractivity contribution in [3.8, 4) is 5.75 Å². The van der Waals surface area contributed by atoms with Gasteiger partial charge in [0, 0.05) is 10.7 Å². The summed E-state index contributed by atoms with van der Waals surface area (Å²) in [5.41, 5.74) is 3.81. The molecule has 5 heteroatoms. The van der Waals surface area contributed by atoms with E-state index in [0.29, 0.717) is 10.8 Å². The molecule has 1 amide bonds. The molecule has 0 fully saturated rings. The van der Waals surface area contributed by atoms with E-state index in [0.717, 1.165) is 27.7 Å². The highest BCUT2D eigenvalue weighted by Gasteiger charge is 2.12.